The molecule has 1 aromatic rings. The summed E-state index contributed by atoms with van der Waals surface area (Å²) < 4.78 is 10.4. The molecule has 1 N–H and O–H groups in total. The molecule has 0 aliphatic heterocycles. The summed E-state index contributed by atoms with van der Waals surface area (Å²) in [4.78, 5) is 12.7. The topological polar surface area (TPSA) is 40.0 Å². The van der Waals surface area contributed by atoms with E-state index >= 15 is 0 Å². The third kappa shape index (κ3) is 6.25. The second-order valence-electron chi connectivity index (χ2n) is 4.63. The van der Waals surface area contributed by atoms with Crippen molar-refractivity contribution in [2.45, 2.75) is 13.3 Å². The smallest absolute Gasteiger partial charge is 0.344 e. The molecular formula is C14H22NO3+. The van der Waals surface area contributed by atoms with Crippen LogP contribution < -0.4 is 9.64 Å². The van der Waals surface area contributed by atoms with E-state index < -0.39 is 0 Å². The number of nitrogens with one attached hydrogen (secondary N) is 1. The summed E-state index contributed by atoms with van der Waals surface area (Å²) in [7, 11) is 4.14. The second-order valence-corrected chi connectivity index (χ2v) is 4.63. The molecule has 0 aliphatic carbocycles. The minimum atomic E-state index is -0.315. The molecule has 0 radical (unpaired) electrons. The van der Waals surface area contributed by atoms with Crippen molar-refractivity contribution < 1.29 is 19.2 Å². The molecule has 0 fully saturated rings. The summed E-state index contributed by atoms with van der Waals surface area (Å²) in [5.41, 5.74) is 1.16. The summed E-state index contributed by atoms with van der Waals surface area (Å²) in [5, 5.41) is 0. The van der Waals surface area contributed by atoms with Crippen molar-refractivity contribution in [3.05, 3.63) is 29.8 Å². The lowest BCUT2D eigenvalue weighted by atomic mass is 10.2. The van der Waals surface area contributed by atoms with Gasteiger partial charge in [0.25, 0.3) is 0 Å². The Hall–Kier alpha value is -1.55. The molecule has 0 bridgehead atoms. The molecule has 1 aromatic carbocycles. The zero-order chi connectivity index (χ0) is 13.4. The fraction of sp³-hybridized carbons (Fsp3) is 0.500. The number of rotatable bonds is 7. The first-order chi connectivity index (χ1) is 8.58. The standard InChI is InChI=1S/C14H21NO3/c1-12-5-7-13(8-6-12)18-11-14(16)17-10-4-9-15(2)3/h5-8H,4,9-11H2,1-3H3/p+1. The molecule has 0 heterocycles. The Bertz CT molecular complexity index is 360. The van der Waals surface area contributed by atoms with Gasteiger partial charge in [0, 0.05) is 6.42 Å². The Labute approximate surface area is 108 Å². The van der Waals surface area contributed by atoms with Crippen LogP contribution in [0.15, 0.2) is 24.3 Å². The van der Waals surface area contributed by atoms with E-state index in [1.165, 1.54) is 4.90 Å². The Morgan fingerprint density at radius 2 is 1.89 bits per heavy atom. The molecular weight excluding hydrogens is 230 g/mol. The van der Waals surface area contributed by atoms with Gasteiger partial charge < -0.3 is 14.4 Å². The van der Waals surface area contributed by atoms with Crippen LogP contribution >= 0.6 is 0 Å². The lowest BCUT2D eigenvalue weighted by molar-refractivity contribution is -0.858. The van der Waals surface area contributed by atoms with E-state index in [2.05, 4.69) is 14.1 Å². The van der Waals surface area contributed by atoms with Crippen molar-refractivity contribution in [3.63, 3.8) is 0 Å². The molecule has 0 aliphatic rings. The van der Waals surface area contributed by atoms with Crippen molar-refractivity contribution in [2.75, 3.05) is 33.9 Å². The molecule has 1 rings (SSSR count). The maximum Gasteiger partial charge on any atom is 0.344 e. The Morgan fingerprint density at radius 1 is 1.22 bits per heavy atom. The fourth-order valence-corrected chi connectivity index (χ4v) is 1.43. The molecule has 0 saturated carbocycles. The Morgan fingerprint density at radius 3 is 2.50 bits per heavy atom. The van der Waals surface area contributed by atoms with Crippen molar-refractivity contribution in [2.24, 2.45) is 0 Å². The number of carbonyl (C=O) groups is 1. The number of esters is 1. The number of carbonyl (C=O) groups excluding carboxylic acids is 1. The van der Waals surface area contributed by atoms with Crippen LogP contribution in [0.4, 0.5) is 0 Å². The van der Waals surface area contributed by atoms with Gasteiger partial charge in [-0.3, -0.25) is 0 Å². The lowest BCUT2D eigenvalue weighted by Crippen LogP contribution is -3.05. The van der Waals surface area contributed by atoms with E-state index in [9.17, 15) is 4.79 Å². The van der Waals surface area contributed by atoms with E-state index in [-0.39, 0.29) is 12.6 Å². The van der Waals surface area contributed by atoms with Crippen LogP contribution in [-0.2, 0) is 9.53 Å². The van der Waals surface area contributed by atoms with E-state index in [1.807, 2.05) is 31.2 Å². The third-order valence-corrected chi connectivity index (χ3v) is 2.46. The number of benzene rings is 1. The highest BCUT2D eigenvalue weighted by molar-refractivity contribution is 5.71. The molecule has 100 valence electrons. The first-order valence-corrected chi connectivity index (χ1v) is 6.22. The van der Waals surface area contributed by atoms with Crippen molar-refractivity contribution in [3.8, 4) is 5.75 Å². The molecule has 4 heteroatoms. The van der Waals surface area contributed by atoms with Gasteiger partial charge in [-0.2, -0.15) is 0 Å². The van der Waals surface area contributed by atoms with Crippen molar-refractivity contribution >= 4 is 5.97 Å². The highest BCUT2D eigenvalue weighted by Crippen LogP contribution is 2.11. The number of hydrogen-bond acceptors (Lipinski definition) is 3. The highest BCUT2D eigenvalue weighted by atomic mass is 16.6. The molecule has 4 nitrogen and oxygen atoms in total. The summed E-state index contributed by atoms with van der Waals surface area (Å²) in [6.45, 7) is 3.43. The molecule has 0 atom stereocenters. The minimum Gasteiger partial charge on any atom is -0.482 e. The van der Waals surface area contributed by atoms with E-state index in [0.29, 0.717) is 12.4 Å². The van der Waals surface area contributed by atoms with E-state index in [1.54, 1.807) is 0 Å². The van der Waals surface area contributed by atoms with Crippen LogP contribution in [0.25, 0.3) is 0 Å². The summed E-state index contributed by atoms with van der Waals surface area (Å²) in [6.07, 6.45) is 0.874. The summed E-state index contributed by atoms with van der Waals surface area (Å²) >= 11 is 0. The highest BCUT2D eigenvalue weighted by Gasteiger charge is 2.04. The van der Waals surface area contributed by atoms with Crippen LogP contribution in [0.3, 0.4) is 0 Å². The predicted octanol–water partition coefficient (Wildman–Crippen LogP) is 0.452. The largest absolute Gasteiger partial charge is 0.482 e. The maximum absolute atomic E-state index is 11.4. The molecule has 0 spiro atoms. The number of aryl methyl sites for hydroxylation is 1. The third-order valence-electron chi connectivity index (χ3n) is 2.46. The summed E-state index contributed by atoms with van der Waals surface area (Å²) in [5.74, 6) is 0.375. The van der Waals surface area contributed by atoms with Gasteiger partial charge >= 0.3 is 5.97 Å². The van der Waals surface area contributed by atoms with Gasteiger partial charge in [-0.05, 0) is 19.1 Å². The molecule has 18 heavy (non-hydrogen) atoms. The quantitative estimate of drug-likeness (QED) is 0.566. The molecule has 0 amide bonds. The van der Waals surface area contributed by atoms with Crippen LogP contribution in [-0.4, -0.2) is 39.8 Å². The predicted molar refractivity (Wildman–Crippen MR) is 69.9 cm³/mol. The van der Waals surface area contributed by atoms with Crippen molar-refractivity contribution in [1.82, 2.24) is 0 Å². The average Bonchev–Trinajstić information content (AvgIpc) is 2.34. The number of ether oxygens (including phenoxy) is 2. The van der Waals surface area contributed by atoms with Gasteiger partial charge in [-0.15, -0.1) is 0 Å². The van der Waals surface area contributed by atoms with Gasteiger partial charge in [-0.25, -0.2) is 4.79 Å². The monoisotopic (exact) mass is 252 g/mol. The lowest BCUT2D eigenvalue weighted by Gasteiger charge is -2.08. The number of quaternary nitrogens is 1. The van der Waals surface area contributed by atoms with E-state index in [0.717, 1.165) is 18.5 Å². The first kappa shape index (κ1) is 14.5. The minimum absolute atomic E-state index is 0.0299. The fourth-order valence-electron chi connectivity index (χ4n) is 1.43. The summed E-state index contributed by atoms with van der Waals surface area (Å²) in [6, 6.07) is 7.58. The molecule has 0 unspecified atom stereocenters. The van der Waals surface area contributed by atoms with Gasteiger partial charge in [0.15, 0.2) is 6.61 Å². The Balaban J connectivity index is 2.15. The molecule has 0 saturated heterocycles. The van der Waals surface area contributed by atoms with Gasteiger partial charge in [0.1, 0.15) is 5.75 Å². The van der Waals surface area contributed by atoms with Gasteiger partial charge in [0.2, 0.25) is 0 Å². The number of hydrogen-bond donors (Lipinski definition) is 1. The van der Waals surface area contributed by atoms with Crippen LogP contribution in [0.5, 0.6) is 5.75 Å². The van der Waals surface area contributed by atoms with Crippen LogP contribution in [0, 0.1) is 6.92 Å². The normalized spacial score (nSPS) is 10.4. The van der Waals surface area contributed by atoms with Crippen LogP contribution in [0.2, 0.25) is 0 Å². The SMILES string of the molecule is Cc1ccc(OCC(=O)OCCC[NH+](C)C)cc1. The zero-order valence-electron chi connectivity index (χ0n) is 11.4. The van der Waals surface area contributed by atoms with Gasteiger partial charge in [-0.1, -0.05) is 17.7 Å². The van der Waals surface area contributed by atoms with Crippen LogP contribution in [0.1, 0.15) is 12.0 Å². The second kappa shape index (κ2) is 7.71. The average molecular weight is 252 g/mol. The van der Waals surface area contributed by atoms with E-state index in [4.69, 9.17) is 9.47 Å². The first-order valence-electron chi connectivity index (χ1n) is 6.22. The van der Waals surface area contributed by atoms with Gasteiger partial charge in [0.05, 0.1) is 27.2 Å². The Kier molecular flexibility index (Phi) is 6.22. The van der Waals surface area contributed by atoms with Crippen molar-refractivity contribution in [1.29, 1.82) is 0 Å². The maximum atomic E-state index is 11.4. The zero-order valence-corrected chi connectivity index (χ0v) is 11.4. The molecule has 0 aromatic heterocycles.